The predicted molar refractivity (Wildman–Crippen MR) is 76.0 cm³/mol. The molecule has 2 aromatic rings. The second-order valence-electron chi connectivity index (χ2n) is 4.32. The third-order valence-corrected chi connectivity index (χ3v) is 3.89. The van der Waals surface area contributed by atoms with Crippen LogP contribution in [-0.4, -0.2) is 16.8 Å². The monoisotopic (exact) mass is 272 g/mol. The summed E-state index contributed by atoms with van der Waals surface area (Å²) in [7, 11) is 3.81. The summed E-state index contributed by atoms with van der Waals surface area (Å²) in [4.78, 5) is 0.963. The first-order valence-electron chi connectivity index (χ1n) is 6.00. The van der Waals surface area contributed by atoms with Gasteiger partial charge in [0.1, 0.15) is 6.07 Å². The van der Waals surface area contributed by atoms with Crippen LogP contribution in [0.25, 0.3) is 0 Å². The SMILES string of the molecule is CNCc1ccc(Sc2cc(C)nn2C)c(C#N)c1. The van der Waals surface area contributed by atoms with Gasteiger partial charge in [0, 0.05) is 18.5 Å². The van der Waals surface area contributed by atoms with Crippen LogP contribution in [0.1, 0.15) is 16.8 Å². The van der Waals surface area contributed by atoms with E-state index in [4.69, 9.17) is 0 Å². The van der Waals surface area contributed by atoms with Crippen molar-refractivity contribution >= 4 is 11.8 Å². The molecule has 0 aliphatic rings. The molecule has 0 aliphatic heterocycles. The van der Waals surface area contributed by atoms with Crippen LogP contribution in [0.2, 0.25) is 0 Å². The molecular formula is C14H16N4S. The van der Waals surface area contributed by atoms with Crippen LogP contribution in [0.4, 0.5) is 0 Å². The molecule has 19 heavy (non-hydrogen) atoms. The Bertz CT molecular complexity index is 625. The lowest BCUT2D eigenvalue weighted by molar-refractivity contribution is 0.692. The smallest absolute Gasteiger partial charge is 0.100 e. The normalized spacial score (nSPS) is 10.4. The third-order valence-electron chi connectivity index (χ3n) is 2.72. The first kappa shape index (κ1) is 13.7. The predicted octanol–water partition coefficient (Wildman–Crippen LogP) is 2.47. The van der Waals surface area contributed by atoms with E-state index in [1.807, 2.05) is 50.0 Å². The largest absolute Gasteiger partial charge is 0.316 e. The van der Waals surface area contributed by atoms with E-state index >= 15 is 0 Å². The van der Waals surface area contributed by atoms with Crippen LogP contribution in [-0.2, 0) is 13.6 Å². The summed E-state index contributed by atoms with van der Waals surface area (Å²) >= 11 is 1.57. The zero-order chi connectivity index (χ0) is 13.8. The lowest BCUT2D eigenvalue weighted by atomic mass is 10.1. The van der Waals surface area contributed by atoms with Gasteiger partial charge in [-0.1, -0.05) is 17.8 Å². The lowest BCUT2D eigenvalue weighted by Crippen LogP contribution is -2.05. The Morgan fingerprint density at radius 1 is 1.42 bits per heavy atom. The Morgan fingerprint density at radius 2 is 2.21 bits per heavy atom. The fraction of sp³-hybridized carbons (Fsp3) is 0.286. The van der Waals surface area contributed by atoms with E-state index in [0.717, 1.165) is 27.7 Å². The Balaban J connectivity index is 2.30. The van der Waals surface area contributed by atoms with Gasteiger partial charge in [-0.25, -0.2) is 0 Å². The highest BCUT2D eigenvalue weighted by molar-refractivity contribution is 7.99. The highest BCUT2D eigenvalue weighted by Gasteiger charge is 2.09. The molecule has 5 heteroatoms. The second-order valence-corrected chi connectivity index (χ2v) is 5.38. The molecule has 1 heterocycles. The minimum absolute atomic E-state index is 0.705. The zero-order valence-electron chi connectivity index (χ0n) is 11.3. The van der Waals surface area contributed by atoms with E-state index in [1.165, 1.54) is 0 Å². The highest BCUT2D eigenvalue weighted by Crippen LogP contribution is 2.30. The Labute approximate surface area is 117 Å². The van der Waals surface area contributed by atoms with Crippen LogP contribution in [0.15, 0.2) is 34.2 Å². The number of benzene rings is 1. The third kappa shape index (κ3) is 3.16. The van der Waals surface area contributed by atoms with Crippen LogP contribution >= 0.6 is 11.8 Å². The summed E-state index contributed by atoms with van der Waals surface area (Å²) in [5, 5.41) is 17.7. The molecule has 0 atom stereocenters. The topological polar surface area (TPSA) is 53.6 Å². The molecule has 1 aromatic heterocycles. The maximum atomic E-state index is 9.26. The molecule has 4 nitrogen and oxygen atoms in total. The number of nitrogens with one attached hydrogen (secondary N) is 1. The second kappa shape index (κ2) is 5.91. The fourth-order valence-electron chi connectivity index (χ4n) is 1.86. The number of hydrogen-bond donors (Lipinski definition) is 1. The number of rotatable bonds is 4. The van der Waals surface area contributed by atoms with Crippen molar-refractivity contribution in [2.45, 2.75) is 23.4 Å². The van der Waals surface area contributed by atoms with Crippen molar-refractivity contribution in [2.75, 3.05) is 7.05 Å². The minimum Gasteiger partial charge on any atom is -0.316 e. The van der Waals surface area contributed by atoms with Gasteiger partial charge in [0.25, 0.3) is 0 Å². The molecule has 0 amide bonds. The molecule has 0 unspecified atom stereocenters. The number of aryl methyl sites for hydroxylation is 2. The van der Waals surface area contributed by atoms with E-state index in [2.05, 4.69) is 16.5 Å². The summed E-state index contributed by atoms with van der Waals surface area (Å²) in [6.07, 6.45) is 0. The van der Waals surface area contributed by atoms with Gasteiger partial charge in [-0.05, 0) is 37.7 Å². The van der Waals surface area contributed by atoms with Crippen LogP contribution in [0, 0.1) is 18.3 Å². The molecular weight excluding hydrogens is 256 g/mol. The zero-order valence-corrected chi connectivity index (χ0v) is 12.1. The number of hydrogen-bond acceptors (Lipinski definition) is 4. The summed E-state index contributed by atoms with van der Waals surface area (Å²) in [5.41, 5.74) is 2.80. The Kier molecular flexibility index (Phi) is 4.25. The van der Waals surface area contributed by atoms with E-state index in [0.29, 0.717) is 5.56 Å². The molecule has 0 saturated carbocycles. The van der Waals surface area contributed by atoms with Gasteiger partial charge in [-0.2, -0.15) is 10.4 Å². The van der Waals surface area contributed by atoms with Gasteiger partial charge < -0.3 is 5.32 Å². The maximum absolute atomic E-state index is 9.26. The van der Waals surface area contributed by atoms with Crippen molar-refractivity contribution in [3.63, 3.8) is 0 Å². The van der Waals surface area contributed by atoms with Crippen LogP contribution < -0.4 is 5.32 Å². The van der Waals surface area contributed by atoms with Gasteiger partial charge in [0.2, 0.25) is 0 Å². The van der Waals surface area contributed by atoms with E-state index in [9.17, 15) is 5.26 Å². The first-order chi connectivity index (χ1) is 9.13. The standard InChI is InChI=1S/C14H16N4S/c1-10-6-14(18(3)17-10)19-13-5-4-11(9-16-2)7-12(13)8-15/h4-7,16H,9H2,1-3H3. The molecule has 0 aliphatic carbocycles. The van der Waals surface area contributed by atoms with Crippen molar-refractivity contribution in [3.8, 4) is 6.07 Å². The van der Waals surface area contributed by atoms with Crippen molar-refractivity contribution in [3.05, 3.63) is 41.1 Å². The quantitative estimate of drug-likeness (QED) is 0.929. The van der Waals surface area contributed by atoms with Crippen molar-refractivity contribution in [2.24, 2.45) is 7.05 Å². The summed E-state index contributed by atoms with van der Waals surface area (Å²) in [5.74, 6) is 0. The average Bonchev–Trinajstić information content (AvgIpc) is 2.70. The van der Waals surface area contributed by atoms with Crippen LogP contribution in [0.5, 0.6) is 0 Å². The van der Waals surface area contributed by atoms with Crippen molar-refractivity contribution in [1.82, 2.24) is 15.1 Å². The van der Waals surface area contributed by atoms with Crippen molar-refractivity contribution in [1.29, 1.82) is 5.26 Å². The summed E-state index contributed by atoms with van der Waals surface area (Å²) < 4.78 is 1.84. The number of aromatic nitrogens is 2. The Hall–Kier alpha value is -1.77. The van der Waals surface area contributed by atoms with Crippen molar-refractivity contribution < 1.29 is 0 Å². The minimum atomic E-state index is 0.705. The molecule has 0 bridgehead atoms. The molecule has 98 valence electrons. The van der Waals surface area contributed by atoms with Gasteiger partial charge in [0.15, 0.2) is 0 Å². The van der Waals surface area contributed by atoms with Gasteiger partial charge in [-0.15, -0.1) is 0 Å². The first-order valence-corrected chi connectivity index (χ1v) is 6.82. The molecule has 1 N–H and O–H groups in total. The average molecular weight is 272 g/mol. The molecule has 0 spiro atoms. The van der Waals surface area contributed by atoms with Gasteiger partial charge in [0.05, 0.1) is 16.3 Å². The van der Waals surface area contributed by atoms with Gasteiger partial charge >= 0.3 is 0 Å². The van der Waals surface area contributed by atoms with E-state index < -0.39 is 0 Å². The molecule has 1 aromatic carbocycles. The lowest BCUT2D eigenvalue weighted by Gasteiger charge is -2.06. The fourth-order valence-corrected chi connectivity index (χ4v) is 2.84. The summed E-state index contributed by atoms with van der Waals surface area (Å²) in [6.45, 7) is 2.73. The number of nitrogens with zero attached hydrogens (tertiary/aromatic N) is 3. The summed E-state index contributed by atoms with van der Waals surface area (Å²) in [6, 6.07) is 10.3. The highest BCUT2D eigenvalue weighted by atomic mass is 32.2. The van der Waals surface area contributed by atoms with Crippen LogP contribution in [0.3, 0.4) is 0 Å². The maximum Gasteiger partial charge on any atom is 0.100 e. The molecule has 0 radical (unpaired) electrons. The molecule has 0 saturated heterocycles. The van der Waals surface area contributed by atoms with E-state index in [1.54, 1.807) is 11.8 Å². The van der Waals surface area contributed by atoms with Gasteiger partial charge in [-0.3, -0.25) is 4.68 Å². The molecule has 2 rings (SSSR count). The Morgan fingerprint density at radius 3 is 2.79 bits per heavy atom. The van der Waals surface area contributed by atoms with E-state index in [-0.39, 0.29) is 0 Å². The molecule has 0 fully saturated rings. The number of nitriles is 1.